The molecule has 28 heavy (non-hydrogen) atoms. The number of guanidine groups is 1. The molecule has 8 nitrogen and oxygen atoms in total. The average Bonchev–Trinajstić information content (AvgIpc) is 3.17. The van der Waals surface area contributed by atoms with Crippen LogP contribution in [0.3, 0.4) is 0 Å². The van der Waals surface area contributed by atoms with Crippen molar-refractivity contribution in [2.24, 2.45) is 4.99 Å². The summed E-state index contributed by atoms with van der Waals surface area (Å²) in [5, 5.41) is 6.98. The Hall–Kier alpha value is -1.10. The summed E-state index contributed by atoms with van der Waals surface area (Å²) >= 11 is 0. The first-order valence-electron chi connectivity index (χ1n) is 10.0. The van der Waals surface area contributed by atoms with Gasteiger partial charge in [-0.1, -0.05) is 12.8 Å². The second-order valence-corrected chi connectivity index (χ2v) is 7.62. The third kappa shape index (κ3) is 8.50. The minimum Gasteiger partial charge on any atom is -0.384 e. The van der Waals surface area contributed by atoms with Gasteiger partial charge in [-0.3, -0.25) is 9.59 Å². The summed E-state index contributed by atoms with van der Waals surface area (Å²) in [6.45, 7) is 2.10. The van der Waals surface area contributed by atoms with Gasteiger partial charge in [-0.2, -0.15) is 0 Å². The molecule has 2 aliphatic rings. The lowest BCUT2D eigenvalue weighted by Crippen LogP contribution is -2.51. The summed E-state index contributed by atoms with van der Waals surface area (Å²) in [5.74, 6) is 0.868. The summed E-state index contributed by atoms with van der Waals surface area (Å²) in [5.41, 5.74) is 0. The van der Waals surface area contributed by atoms with Crippen LogP contribution in [-0.2, 0) is 14.3 Å². The Morgan fingerprint density at radius 3 is 2.18 bits per heavy atom. The Bertz CT molecular complexity index is 516. The smallest absolute Gasteiger partial charge is 0.243 e. The minimum atomic E-state index is -0.0129. The van der Waals surface area contributed by atoms with E-state index in [0.717, 1.165) is 44.7 Å². The van der Waals surface area contributed by atoms with Crippen LogP contribution in [0.2, 0.25) is 0 Å². The molecule has 162 valence electrons. The van der Waals surface area contributed by atoms with Gasteiger partial charge in [0.2, 0.25) is 11.8 Å². The van der Waals surface area contributed by atoms with Gasteiger partial charge < -0.3 is 25.2 Å². The van der Waals surface area contributed by atoms with E-state index in [1.54, 1.807) is 26.1 Å². The molecule has 1 heterocycles. The van der Waals surface area contributed by atoms with E-state index in [2.05, 4.69) is 15.6 Å². The van der Waals surface area contributed by atoms with Gasteiger partial charge in [0.05, 0.1) is 13.0 Å². The van der Waals surface area contributed by atoms with Crippen molar-refractivity contribution >= 4 is 41.8 Å². The number of halogens is 1. The Morgan fingerprint density at radius 1 is 1.07 bits per heavy atom. The molecule has 0 bridgehead atoms. The van der Waals surface area contributed by atoms with E-state index in [4.69, 9.17) is 4.74 Å². The molecule has 1 saturated carbocycles. The van der Waals surface area contributed by atoms with Gasteiger partial charge in [0, 0.05) is 46.4 Å². The van der Waals surface area contributed by atoms with Gasteiger partial charge in [0.1, 0.15) is 6.54 Å². The number of aliphatic imine (C=N–C) groups is 1. The number of nitrogens with zero attached hydrogens (tertiary/aromatic N) is 3. The van der Waals surface area contributed by atoms with E-state index in [1.807, 2.05) is 4.90 Å². The highest BCUT2D eigenvalue weighted by Gasteiger charge is 2.24. The first kappa shape index (κ1) is 24.9. The molecule has 2 amide bonds. The van der Waals surface area contributed by atoms with Crippen molar-refractivity contribution in [2.75, 3.05) is 47.4 Å². The Morgan fingerprint density at radius 2 is 1.64 bits per heavy atom. The first-order valence-corrected chi connectivity index (χ1v) is 10.0. The first-order chi connectivity index (χ1) is 13.0. The normalized spacial score (nSPS) is 18.5. The zero-order valence-corrected chi connectivity index (χ0v) is 19.7. The van der Waals surface area contributed by atoms with Crippen LogP contribution in [0.1, 0.15) is 44.9 Å². The van der Waals surface area contributed by atoms with Crippen LogP contribution in [0.25, 0.3) is 0 Å². The molecule has 1 saturated heterocycles. The van der Waals surface area contributed by atoms with Crippen molar-refractivity contribution in [1.82, 2.24) is 20.4 Å². The molecule has 0 aromatic carbocycles. The van der Waals surface area contributed by atoms with Crippen LogP contribution in [0, 0.1) is 0 Å². The van der Waals surface area contributed by atoms with Crippen LogP contribution >= 0.6 is 24.0 Å². The number of carbonyl (C=O) groups excluding carboxylic acids is 2. The third-order valence-corrected chi connectivity index (χ3v) is 5.28. The highest BCUT2D eigenvalue weighted by molar-refractivity contribution is 14.0. The molecule has 2 N–H and O–H groups in total. The van der Waals surface area contributed by atoms with Gasteiger partial charge >= 0.3 is 0 Å². The van der Waals surface area contributed by atoms with E-state index in [9.17, 15) is 9.59 Å². The second kappa shape index (κ2) is 13.2. The SMILES string of the molecule is COCCC(=O)N1CCC(NC(=NCC(=O)N(C)C)NC2CCCC2)CC1.I. The number of piperidine rings is 1. The molecule has 0 radical (unpaired) electrons. The molecule has 9 heteroatoms. The third-order valence-electron chi connectivity index (χ3n) is 5.28. The molecule has 0 atom stereocenters. The molecular formula is C19H36IN5O3. The molecule has 1 aliphatic heterocycles. The Kier molecular flexibility index (Phi) is 11.7. The Labute approximate surface area is 185 Å². The summed E-state index contributed by atoms with van der Waals surface area (Å²) in [4.78, 5) is 32.0. The Balaban J connectivity index is 0.00000392. The van der Waals surface area contributed by atoms with Crippen LogP contribution in [0.5, 0.6) is 0 Å². The summed E-state index contributed by atoms with van der Waals surface area (Å²) in [6, 6.07) is 0.694. The summed E-state index contributed by atoms with van der Waals surface area (Å²) in [6.07, 6.45) is 6.98. The van der Waals surface area contributed by atoms with E-state index >= 15 is 0 Å². The zero-order chi connectivity index (χ0) is 19.6. The summed E-state index contributed by atoms with van der Waals surface area (Å²) in [7, 11) is 5.10. The van der Waals surface area contributed by atoms with Crippen LogP contribution in [0.15, 0.2) is 4.99 Å². The van der Waals surface area contributed by atoms with E-state index in [0.29, 0.717) is 19.1 Å². The van der Waals surface area contributed by atoms with Crippen molar-refractivity contribution in [1.29, 1.82) is 0 Å². The highest BCUT2D eigenvalue weighted by Crippen LogP contribution is 2.18. The second-order valence-electron chi connectivity index (χ2n) is 7.62. The van der Waals surface area contributed by atoms with Crippen molar-refractivity contribution < 1.29 is 14.3 Å². The summed E-state index contributed by atoms with van der Waals surface area (Å²) < 4.78 is 4.99. The fraction of sp³-hybridized carbons (Fsp3) is 0.842. The van der Waals surface area contributed by atoms with Crippen LogP contribution in [-0.4, -0.2) is 87.1 Å². The molecule has 2 rings (SSSR count). The molecule has 2 fully saturated rings. The van der Waals surface area contributed by atoms with Crippen molar-refractivity contribution in [2.45, 2.75) is 57.0 Å². The van der Waals surface area contributed by atoms with Crippen molar-refractivity contribution in [3.05, 3.63) is 0 Å². The lowest BCUT2D eigenvalue weighted by Gasteiger charge is -2.33. The molecular weight excluding hydrogens is 473 g/mol. The number of nitrogens with one attached hydrogen (secondary N) is 2. The van der Waals surface area contributed by atoms with Crippen LogP contribution < -0.4 is 10.6 Å². The number of methoxy groups -OCH3 is 1. The van der Waals surface area contributed by atoms with Gasteiger partial charge in [-0.15, -0.1) is 24.0 Å². The topological polar surface area (TPSA) is 86.3 Å². The molecule has 0 aromatic heterocycles. The zero-order valence-electron chi connectivity index (χ0n) is 17.4. The monoisotopic (exact) mass is 509 g/mol. The maximum Gasteiger partial charge on any atom is 0.243 e. The van der Waals surface area contributed by atoms with Gasteiger partial charge in [-0.25, -0.2) is 4.99 Å². The maximum absolute atomic E-state index is 12.1. The van der Waals surface area contributed by atoms with Gasteiger partial charge in [0.15, 0.2) is 5.96 Å². The number of likely N-dealkylation sites (N-methyl/N-ethyl adjacent to an activating group) is 1. The fourth-order valence-corrected chi connectivity index (χ4v) is 3.50. The highest BCUT2D eigenvalue weighted by atomic mass is 127. The molecule has 0 spiro atoms. The predicted octanol–water partition coefficient (Wildman–Crippen LogP) is 1.20. The van der Waals surface area contributed by atoms with E-state index < -0.39 is 0 Å². The molecule has 1 aliphatic carbocycles. The lowest BCUT2D eigenvalue weighted by atomic mass is 10.0. The predicted molar refractivity (Wildman–Crippen MR) is 121 cm³/mol. The van der Waals surface area contributed by atoms with Gasteiger partial charge in [0.25, 0.3) is 0 Å². The maximum atomic E-state index is 12.1. The van der Waals surface area contributed by atoms with Crippen LogP contribution in [0.4, 0.5) is 0 Å². The molecule has 0 unspecified atom stereocenters. The number of amides is 2. The minimum absolute atomic E-state index is 0. The van der Waals surface area contributed by atoms with Gasteiger partial charge in [-0.05, 0) is 25.7 Å². The fourth-order valence-electron chi connectivity index (χ4n) is 3.50. The average molecular weight is 509 g/mol. The molecule has 0 aromatic rings. The van der Waals surface area contributed by atoms with Crippen molar-refractivity contribution in [3.63, 3.8) is 0 Å². The number of rotatable bonds is 7. The quantitative estimate of drug-likeness (QED) is 0.306. The number of hydrogen-bond acceptors (Lipinski definition) is 4. The largest absolute Gasteiger partial charge is 0.384 e. The number of ether oxygens (including phenoxy) is 1. The lowest BCUT2D eigenvalue weighted by molar-refractivity contribution is -0.133. The van der Waals surface area contributed by atoms with Crippen molar-refractivity contribution in [3.8, 4) is 0 Å². The van der Waals surface area contributed by atoms with E-state index in [-0.39, 0.29) is 48.4 Å². The number of hydrogen-bond donors (Lipinski definition) is 2. The van der Waals surface area contributed by atoms with E-state index in [1.165, 1.54) is 12.8 Å². The number of likely N-dealkylation sites (tertiary alicyclic amines) is 1. The standard InChI is InChI=1S/C19H35N5O3.HI/c1-23(2)18(26)14-20-19(21-15-6-4-5-7-15)22-16-8-11-24(12-9-16)17(25)10-13-27-3;/h15-16H,4-14H2,1-3H3,(H2,20,21,22);1H. The number of carbonyl (C=O) groups is 2.